The van der Waals surface area contributed by atoms with Crippen molar-refractivity contribution in [3.8, 4) is 0 Å². The smallest absolute Gasteiger partial charge is 0.426 e. The number of nitrogens with zero attached hydrogens (tertiary/aromatic N) is 3. The molecule has 0 unspecified atom stereocenters. The molecule has 2 aromatic rings. The normalized spacial score (nSPS) is 14.6. The Morgan fingerprint density at radius 3 is 2.83 bits per heavy atom. The molecular weight excluding hydrogens is 310 g/mol. The van der Waals surface area contributed by atoms with Crippen LogP contribution in [-0.4, -0.2) is 39.8 Å². The van der Waals surface area contributed by atoms with Gasteiger partial charge < -0.3 is 9.84 Å². The minimum absolute atomic E-state index is 0.0158. The number of rotatable bonds is 3. The summed E-state index contributed by atoms with van der Waals surface area (Å²) in [5.41, 5.74) is 4.81. The number of amides is 1. The number of aliphatic hydroxyl groups excluding tert-OH is 1. The number of aliphatic hydroxyl groups is 1. The summed E-state index contributed by atoms with van der Waals surface area (Å²) in [6.45, 7) is 1.96. The Bertz CT molecular complexity index is 829. The van der Waals surface area contributed by atoms with Crippen LogP contribution in [0, 0.1) is 5.41 Å². The number of hydrogen-bond donors (Lipinski definition) is 3. The standard InChI is InChI=1S/C16H19N5O3/c1-4-24-16(23)18-21-9-12(22)13(14(21)17)15-19(2)10-7-5-6-8-11(10)20(15)3/h5-8,17H,4,9H2,1-3H3,(H,18,23)/p+1. The largest absolute Gasteiger partial charge is 0.509 e. The van der Waals surface area contributed by atoms with Gasteiger partial charge in [-0.2, -0.15) is 0 Å². The molecule has 24 heavy (non-hydrogen) atoms. The first-order valence-corrected chi connectivity index (χ1v) is 7.61. The number of para-hydroxylation sites is 2. The van der Waals surface area contributed by atoms with E-state index in [9.17, 15) is 9.90 Å². The van der Waals surface area contributed by atoms with Crippen molar-refractivity contribution >= 4 is 28.5 Å². The predicted octanol–water partition coefficient (Wildman–Crippen LogP) is 1.23. The van der Waals surface area contributed by atoms with E-state index in [1.165, 1.54) is 5.01 Å². The SMILES string of the molecule is CCOC(=O)NN1CC(O)=C(c2n(C)c3ccccc3[n+]2C)C1=N. The molecule has 1 aliphatic rings. The molecule has 8 heteroatoms. The van der Waals surface area contributed by atoms with Crippen LogP contribution >= 0.6 is 0 Å². The number of carbonyl (C=O) groups excluding carboxylic acids is 1. The summed E-state index contributed by atoms with van der Waals surface area (Å²) in [4.78, 5) is 11.6. The number of hydrazine groups is 1. The monoisotopic (exact) mass is 330 g/mol. The van der Waals surface area contributed by atoms with Gasteiger partial charge in [0.05, 0.1) is 27.2 Å². The van der Waals surface area contributed by atoms with E-state index in [1.807, 2.05) is 47.5 Å². The minimum Gasteiger partial charge on any atom is -0.509 e. The number of hydrogen-bond acceptors (Lipinski definition) is 4. The van der Waals surface area contributed by atoms with Crippen molar-refractivity contribution in [3.05, 3.63) is 35.8 Å². The molecule has 126 valence electrons. The second kappa shape index (κ2) is 5.88. The van der Waals surface area contributed by atoms with E-state index >= 15 is 0 Å². The van der Waals surface area contributed by atoms with Crippen LogP contribution in [0.3, 0.4) is 0 Å². The van der Waals surface area contributed by atoms with E-state index in [-0.39, 0.29) is 24.7 Å². The second-order valence-electron chi connectivity index (χ2n) is 5.52. The van der Waals surface area contributed by atoms with Crippen molar-refractivity contribution in [2.24, 2.45) is 14.1 Å². The average molecular weight is 330 g/mol. The topological polar surface area (TPSA) is 94.5 Å². The Kier molecular flexibility index (Phi) is 3.88. The zero-order valence-corrected chi connectivity index (χ0v) is 13.8. The van der Waals surface area contributed by atoms with Gasteiger partial charge in [-0.1, -0.05) is 12.1 Å². The van der Waals surface area contributed by atoms with Gasteiger partial charge in [0.2, 0.25) is 0 Å². The van der Waals surface area contributed by atoms with E-state index in [4.69, 9.17) is 10.1 Å². The lowest BCUT2D eigenvalue weighted by atomic mass is 10.2. The number of amidine groups is 1. The molecule has 0 radical (unpaired) electrons. The Morgan fingerprint density at radius 1 is 1.46 bits per heavy atom. The zero-order chi connectivity index (χ0) is 17.4. The fourth-order valence-corrected chi connectivity index (χ4v) is 3.00. The quantitative estimate of drug-likeness (QED) is 0.738. The average Bonchev–Trinajstić information content (AvgIpc) is 2.95. The van der Waals surface area contributed by atoms with E-state index < -0.39 is 6.09 Å². The molecule has 1 amide bonds. The van der Waals surface area contributed by atoms with Crippen molar-refractivity contribution in [1.82, 2.24) is 15.0 Å². The fourth-order valence-electron chi connectivity index (χ4n) is 3.00. The number of nitrogens with one attached hydrogen (secondary N) is 2. The molecule has 0 fully saturated rings. The highest BCUT2D eigenvalue weighted by Gasteiger charge is 2.37. The van der Waals surface area contributed by atoms with Crippen molar-refractivity contribution in [3.63, 3.8) is 0 Å². The van der Waals surface area contributed by atoms with Crippen LogP contribution < -0.4 is 9.99 Å². The van der Waals surface area contributed by atoms with Gasteiger partial charge in [-0.3, -0.25) is 10.4 Å². The number of benzene rings is 1. The summed E-state index contributed by atoms with van der Waals surface area (Å²) in [5.74, 6) is 0.729. The molecule has 0 bridgehead atoms. The maximum absolute atomic E-state index is 11.6. The molecule has 8 nitrogen and oxygen atoms in total. The Morgan fingerprint density at radius 2 is 2.17 bits per heavy atom. The van der Waals surface area contributed by atoms with Crippen LogP contribution in [0.2, 0.25) is 0 Å². The van der Waals surface area contributed by atoms with Gasteiger partial charge in [-0.25, -0.2) is 19.4 Å². The van der Waals surface area contributed by atoms with Crippen LogP contribution in [-0.2, 0) is 18.8 Å². The van der Waals surface area contributed by atoms with Gasteiger partial charge in [-0.05, 0) is 19.1 Å². The molecule has 3 N–H and O–H groups in total. The molecule has 0 atom stereocenters. The van der Waals surface area contributed by atoms with E-state index in [0.29, 0.717) is 11.4 Å². The maximum Gasteiger partial charge on any atom is 0.426 e. The molecule has 1 aliphatic heterocycles. The number of aromatic nitrogens is 2. The highest BCUT2D eigenvalue weighted by atomic mass is 16.6. The van der Waals surface area contributed by atoms with Crippen molar-refractivity contribution in [2.45, 2.75) is 6.92 Å². The van der Waals surface area contributed by atoms with Gasteiger partial charge in [0, 0.05) is 0 Å². The number of ether oxygens (including phenoxy) is 1. The molecular formula is C16H20N5O3+. The highest BCUT2D eigenvalue weighted by Crippen LogP contribution is 2.26. The fraction of sp³-hybridized carbons (Fsp3) is 0.312. The summed E-state index contributed by atoms with van der Waals surface area (Å²) < 4.78 is 8.66. The third-order valence-electron chi connectivity index (χ3n) is 4.07. The van der Waals surface area contributed by atoms with Crippen LogP contribution in [0.4, 0.5) is 4.79 Å². The first-order chi connectivity index (χ1) is 11.5. The third-order valence-corrected chi connectivity index (χ3v) is 4.07. The number of carbonyl (C=O) groups is 1. The minimum atomic E-state index is -0.655. The van der Waals surface area contributed by atoms with Crippen LogP contribution in [0.1, 0.15) is 12.7 Å². The van der Waals surface area contributed by atoms with E-state index in [2.05, 4.69) is 5.43 Å². The van der Waals surface area contributed by atoms with Crippen molar-refractivity contribution in [1.29, 1.82) is 5.41 Å². The maximum atomic E-state index is 11.6. The third kappa shape index (κ3) is 2.36. The first-order valence-electron chi connectivity index (χ1n) is 7.61. The lowest BCUT2D eigenvalue weighted by Crippen LogP contribution is -2.44. The molecule has 1 aromatic heterocycles. The van der Waals surface area contributed by atoms with Crippen LogP contribution in [0.15, 0.2) is 30.0 Å². The first kappa shape index (κ1) is 15.9. The van der Waals surface area contributed by atoms with Gasteiger partial charge in [0.25, 0.3) is 5.82 Å². The number of fused-ring (bicyclic) bond motifs is 1. The summed E-state index contributed by atoms with van der Waals surface area (Å²) >= 11 is 0. The van der Waals surface area contributed by atoms with Gasteiger partial charge in [-0.15, -0.1) is 0 Å². The highest BCUT2D eigenvalue weighted by molar-refractivity contribution is 6.22. The molecule has 0 aliphatic carbocycles. The van der Waals surface area contributed by atoms with Gasteiger partial charge >= 0.3 is 6.09 Å². The molecule has 2 heterocycles. The molecule has 0 saturated carbocycles. The zero-order valence-electron chi connectivity index (χ0n) is 13.8. The molecule has 3 rings (SSSR count). The van der Waals surface area contributed by atoms with Crippen molar-refractivity contribution in [2.75, 3.05) is 13.2 Å². The number of aryl methyl sites for hydroxylation is 2. The summed E-state index contributed by atoms with van der Waals surface area (Å²) in [7, 11) is 3.76. The Balaban J connectivity index is 2.00. The molecule has 1 aromatic carbocycles. The van der Waals surface area contributed by atoms with Crippen LogP contribution in [0.5, 0.6) is 0 Å². The van der Waals surface area contributed by atoms with Crippen LogP contribution in [0.25, 0.3) is 16.6 Å². The van der Waals surface area contributed by atoms with Crippen molar-refractivity contribution < 1.29 is 19.2 Å². The number of imidazole rings is 1. The van der Waals surface area contributed by atoms with E-state index in [0.717, 1.165) is 11.0 Å². The summed E-state index contributed by atoms with van der Waals surface area (Å²) in [6.07, 6.45) is -0.655. The van der Waals surface area contributed by atoms with Gasteiger partial charge in [0.1, 0.15) is 11.3 Å². The predicted molar refractivity (Wildman–Crippen MR) is 88.2 cm³/mol. The van der Waals surface area contributed by atoms with Gasteiger partial charge in [0.15, 0.2) is 16.9 Å². The van der Waals surface area contributed by atoms with E-state index in [1.54, 1.807) is 6.92 Å². The molecule has 0 spiro atoms. The Hall–Kier alpha value is -3.03. The molecule has 0 saturated heterocycles. The second-order valence-corrected chi connectivity index (χ2v) is 5.52. The lowest BCUT2D eigenvalue weighted by Gasteiger charge is -2.18. The lowest BCUT2D eigenvalue weighted by molar-refractivity contribution is -0.648. The summed E-state index contributed by atoms with van der Waals surface area (Å²) in [6, 6.07) is 7.83. The Labute approximate surface area is 139 Å². The summed E-state index contributed by atoms with van der Waals surface area (Å²) in [5, 5.41) is 20.0.